The van der Waals surface area contributed by atoms with Crippen molar-refractivity contribution in [3.8, 4) is 0 Å². The number of rotatable bonds is 4. The minimum atomic E-state index is -0.929. The first-order valence-corrected chi connectivity index (χ1v) is 4.07. The average Bonchev–Trinajstić information content (AvgIpc) is 1.85. The van der Waals surface area contributed by atoms with Crippen molar-refractivity contribution in [2.45, 2.75) is 32.8 Å². The largest absolute Gasteiger partial charge is 0.465 e. The number of carboxylic acid groups (broad SMARTS) is 1. The Morgan fingerprint density at radius 2 is 2.00 bits per heavy atom. The molecule has 0 aliphatic heterocycles. The van der Waals surface area contributed by atoms with E-state index in [0.29, 0.717) is 19.5 Å². The number of carbonyl (C=O) groups is 1. The predicted octanol–water partition coefficient (Wildman–Crippen LogP) is 1.15. The summed E-state index contributed by atoms with van der Waals surface area (Å²) in [5, 5.41) is 17.9. The van der Waals surface area contributed by atoms with Crippen molar-refractivity contribution in [3.63, 3.8) is 0 Å². The Kier molecular flexibility index (Phi) is 4.03. The van der Waals surface area contributed by atoms with Gasteiger partial charge in [-0.05, 0) is 27.2 Å². The van der Waals surface area contributed by atoms with Crippen LogP contribution in [0.1, 0.15) is 27.2 Å². The molecule has 0 heterocycles. The molecule has 0 aliphatic rings. The molecule has 0 unspecified atom stereocenters. The summed E-state index contributed by atoms with van der Waals surface area (Å²) in [6.45, 7) is 5.96. The minimum Gasteiger partial charge on any atom is -0.465 e. The monoisotopic (exact) mass is 175 g/mol. The molecule has 1 amide bonds. The normalized spacial score (nSPS) is 11.3. The SMILES string of the molecule is CCN(CCC(C)(C)O)C(=O)O. The Morgan fingerprint density at radius 3 is 2.25 bits per heavy atom. The van der Waals surface area contributed by atoms with E-state index in [-0.39, 0.29) is 0 Å². The van der Waals surface area contributed by atoms with Crippen molar-refractivity contribution < 1.29 is 15.0 Å². The number of amides is 1. The molecule has 0 saturated carbocycles. The van der Waals surface area contributed by atoms with Crippen LogP contribution in [0.15, 0.2) is 0 Å². The number of aliphatic hydroxyl groups is 1. The Labute approximate surface area is 72.8 Å². The van der Waals surface area contributed by atoms with E-state index in [2.05, 4.69) is 0 Å². The van der Waals surface area contributed by atoms with Gasteiger partial charge in [-0.15, -0.1) is 0 Å². The van der Waals surface area contributed by atoms with Crippen molar-refractivity contribution in [2.75, 3.05) is 13.1 Å². The van der Waals surface area contributed by atoms with Crippen LogP contribution >= 0.6 is 0 Å². The number of hydrogen-bond donors (Lipinski definition) is 2. The molecular weight excluding hydrogens is 158 g/mol. The van der Waals surface area contributed by atoms with Gasteiger partial charge in [0.05, 0.1) is 5.60 Å². The van der Waals surface area contributed by atoms with Gasteiger partial charge in [-0.1, -0.05) is 0 Å². The lowest BCUT2D eigenvalue weighted by Gasteiger charge is -2.22. The summed E-state index contributed by atoms with van der Waals surface area (Å²) in [7, 11) is 0. The van der Waals surface area contributed by atoms with E-state index < -0.39 is 11.7 Å². The van der Waals surface area contributed by atoms with Crippen molar-refractivity contribution in [1.82, 2.24) is 4.90 Å². The molecule has 0 bridgehead atoms. The maximum Gasteiger partial charge on any atom is 0.407 e. The smallest absolute Gasteiger partial charge is 0.407 e. The van der Waals surface area contributed by atoms with Crippen LogP contribution < -0.4 is 0 Å². The zero-order chi connectivity index (χ0) is 9.78. The van der Waals surface area contributed by atoms with Gasteiger partial charge in [0.25, 0.3) is 0 Å². The van der Waals surface area contributed by atoms with Gasteiger partial charge in [0.2, 0.25) is 0 Å². The molecular formula is C8H17NO3. The van der Waals surface area contributed by atoms with Gasteiger partial charge < -0.3 is 15.1 Å². The Hall–Kier alpha value is -0.770. The van der Waals surface area contributed by atoms with Crippen molar-refractivity contribution in [3.05, 3.63) is 0 Å². The highest BCUT2D eigenvalue weighted by molar-refractivity contribution is 5.64. The molecule has 12 heavy (non-hydrogen) atoms. The van der Waals surface area contributed by atoms with Gasteiger partial charge in [0.1, 0.15) is 0 Å². The van der Waals surface area contributed by atoms with Gasteiger partial charge in [-0.2, -0.15) is 0 Å². The number of nitrogens with zero attached hydrogens (tertiary/aromatic N) is 1. The third kappa shape index (κ3) is 4.96. The molecule has 0 radical (unpaired) electrons. The van der Waals surface area contributed by atoms with Crippen molar-refractivity contribution >= 4 is 6.09 Å². The molecule has 0 aromatic rings. The van der Waals surface area contributed by atoms with Gasteiger partial charge in [-0.25, -0.2) is 4.79 Å². The molecule has 0 atom stereocenters. The van der Waals surface area contributed by atoms with Crippen molar-refractivity contribution in [2.24, 2.45) is 0 Å². The van der Waals surface area contributed by atoms with Crippen LogP contribution in [-0.2, 0) is 0 Å². The second-order valence-electron chi connectivity index (χ2n) is 3.42. The standard InChI is InChI=1S/C8H17NO3/c1-4-9(7(10)11)6-5-8(2,3)12/h12H,4-6H2,1-3H3,(H,10,11). The van der Waals surface area contributed by atoms with E-state index in [4.69, 9.17) is 5.11 Å². The molecule has 4 nitrogen and oxygen atoms in total. The zero-order valence-electron chi connectivity index (χ0n) is 7.87. The van der Waals surface area contributed by atoms with Crippen LogP contribution in [0.2, 0.25) is 0 Å². The maximum atomic E-state index is 10.5. The molecule has 0 fully saturated rings. The lowest BCUT2D eigenvalue weighted by molar-refractivity contribution is 0.0582. The van der Waals surface area contributed by atoms with E-state index in [9.17, 15) is 9.90 Å². The van der Waals surface area contributed by atoms with Gasteiger partial charge in [0.15, 0.2) is 0 Å². The average molecular weight is 175 g/mol. The van der Waals surface area contributed by atoms with Crippen LogP contribution in [0.3, 0.4) is 0 Å². The first kappa shape index (κ1) is 11.2. The summed E-state index contributed by atoms with van der Waals surface area (Å²) < 4.78 is 0. The Bertz CT molecular complexity index is 151. The van der Waals surface area contributed by atoms with Crippen LogP contribution in [0.5, 0.6) is 0 Å². The lowest BCUT2D eigenvalue weighted by Crippen LogP contribution is -2.34. The first-order valence-electron chi connectivity index (χ1n) is 4.07. The van der Waals surface area contributed by atoms with E-state index in [0.717, 1.165) is 0 Å². The van der Waals surface area contributed by atoms with Gasteiger partial charge in [0, 0.05) is 13.1 Å². The summed E-state index contributed by atoms with van der Waals surface area (Å²) in [5.41, 5.74) is -0.789. The third-order valence-electron chi connectivity index (χ3n) is 1.65. The summed E-state index contributed by atoms with van der Waals surface area (Å²) >= 11 is 0. The lowest BCUT2D eigenvalue weighted by atomic mass is 10.1. The van der Waals surface area contributed by atoms with Crippen LogP contribution in [0.4, 0.5) is 4.79 Å². The fourth-order valence-corrected chi connectivity index (χ4v) is 0.798. The second-order valence-corrected chi connectivity index (χ2v) is 3.42. The fourth-order valence-electron chi connectivity index (χ4n) is 0.798. The van der Waals surface area contributed by atoms with E-state index in [1.54, 1.807) is 20.8 Å². The molecule has 0 aromatic heterocycles. The summed E-state index contributed by atoms with van der Waals surface area (Å²) in [6, 6.07) is 0. The van der Waals surface area contributed by atoms with E-state index >= 15 is 0 Å². The van der Waals surface area contributed by atoms with Gasteiger partial charge in [-0.3, -0.25) is 0 Å². The molecule has 0 rings (SSSR count). The third-order valence-corrected chi connectivity index (χ3v) is 1.65. The zero-order valence-corrected chi connectivity index (χ0v) is 7.87. The second kappa shape index (κ2) is 4.30. The first-order chi connectivity index (χ1) is 5.37. The molecule has 0 aliphatic carbocycles. The maximum absolute atomic E-state index is 10.5. The molecule has 0 aromatic carbocycles. The summed E-state index contributed by atoms with van der Waals surface area (Å²) in [4.78, 5) is 11.8. The molecule has 2 N–H and O–H groups in total. The highest BCUT2D eigenvalue weighted by atomic mass is 16.4. The molecule has 72 valence electrons. The molecule has 0 saturated heterocycles. The topological polar surface area (TPSA) is 60.8 Å². The van der Waals surface area contributed by atoms with Crippen LogP contribution in [0, 0.1) is 0 Å². The Morgan fingerprint density at radius 1 is 1.50 bits per heavy atom. The Balaban J connectivity index is 3.81. The fraction of sp³-hybridized carbons (Fsp3) is 0.875. The highest BCUT2D eigenvalue weighted by Crippen LogP contribution is 2.08. The van der Waals surface area contributed by atoms with E-state index in [1.807, 2.05) is 0 Å². The summed E-state index contributed by atoms with van der Waals surface area (Å²) in [6.07, 6.45) is -0.464. The van der Waals surface area contributed by atoms with Gasteiger partial charge >= 0.3 is 6.09 Å². The van der Waals surface area contributed by atoms with Crippen LogP contribution in [0.25, 0.3) is 0 Å². The minimum absolute atomic E-state index is 0.384. The summed E-state index contributed by atoms with van der Waals surface area (Å²) in [5.74, 6) is 0. The molecule has 0 spiro atoms. The van der Waals surface area contributed by atoms with E-state index in [1.165, 1.54) is 4.90 Å². The quantitative estimate of drug-likeness (QED) is 0.673. The van der Waals surface area contributed by atoms with Crippen LogP contribution in [-0.4, -0.2) is 39.9 Å². The highest BCUT2D eigenvalue weighted by Gasteiger charge is 2.16. The number of hydrogen-bond acceptors (Lipinski definition) is 2. The van der Waals surface area contributed by atoms with Crippen molar-refractivity contribution in [1.29, 1.82) is 0 Å². The predicted molar refractivity (Wildman–Crippen MR) is 46.2 cm³/mol. The molecule has 4 heteroatoms.